The molecule has 0 aromatic heterocycles. The fraction of sp³-hybridized carbons (Fsp3) is 1.00. The Bertz CT molecular complexity index is 243. The quantitative estimate of drug-likeness (QED) is 0.718. The fourth-order valence-electron chi connectivity index (χ4n) is 3.29. The largest absolute Gasteiger partial charge is 0.354 e. The Morgan fingerprint density at radius 2 is 1.63 bits per heavy atom. The predicted octanol–water partition coefficient (Wildman–Crippen LogP) is 3.58. The Hall–Kier alpha value is -0.120. The smallest absolute Gasteiger partial charge is 0.171 e. The van der Waals surface area contributed by atoms with Crippen molar-refractivity contribution in [2.75, 3.05) is 14.2 Å². The van der Waals surface area contributed by atoms with Gasteiger partial charge in [-0.1, -0.05) is 27.2 Å². The molecule has 0 aromatic rings. The first-order chi connectivity index (χ1) is 8.94. The molecule has 0 aliphatic heterocycles. The molecule has 1 saturated carbocycles. The average Bonchev–Trinajstić information content (AvgIpc) is 2.40. The molecule has 19 heavy (non-hydrogen) atoms. The van der Waals surface area contributed by atoms with Crippen molar-refractivity contribution >= 4 is 0 Å². The second kappa shape index (κ2) is 7.61. The molecule has 1 atom stereocenters. The SMILES string of the molecule is CCC(C)(C)C1CCC(NC(C)C(OC)OC)CC1. The van der Waals surface area contributed by atoms with Gasteiger partial charge in [-0.05, 0) is 43.9 Å². The van der Waals surface area contributed by atoms with E-state index in [9.17, 15) is 0 Å². The van der Waals surface area contributed by atoms with E-state index in [-0.39, 0.29) is 12.3 Å². The molecule has 1 N–H and O–H groups in total. The van der Waals surface area contributed by atoms with Crippen LogP contribution in [0.4, 0.5) is 0 Å². The van der Waals surface area contributed by atoms with Crippen LogP contribution in [-0.2, 0) is 9.47 Å². The van der Waals surface area contributed by atoms with E-state index in [4.69, 9.17) is 9.47 Å². The molecule has 0 radical (unpaired) electrons. The Labute approximate surface area is 119 Å². The van der Waals surface area contributed by atoms with Crippen LogP contribution in [0.1, 0.15) is 59.8 Å². The third-order valence-corrected chi connectivity index (χ3v) is 5.12. The number of hydrogen-bond acceptors (Lipinski definition) is 3. The van der Waals surface area contributed by atoms with Crippen molar-refractivity contribution in [2.45, 2.75) is 78.2 Å². The van der Waals surface area contributed by atoms with E-state index in [1.165, 1.54) is 32.1 Å². The van der Waals surface area contributed by atoms with E-state index in [0.717, 1.165) is 5.92 Å². The number of hydrogen-bond donors (Lipinski definition) is 1. The summed E-state index contributed by atoms with van der Waals surface area (Å²) in [5.74, 6) is 0.881. The lowest BCUT2D eigenvalue weighted by Gasteiger charge is -2.40. The zero-order valence-corrected chi connectivity index (χ0v) is 13.7. The van der Waals surface area contributed by atoms with Gasteiger partial charge in [-0.2, -0.15) is 0 Å². The van der Waals surface area contributed by atoms with Crippen LogP contribution in [-0.4, -0.2) is 32.6 Å². The zero-order valence-electron chi connectivity index (χ0n) is 13.7. The summed E-state index contributed by atoms with van der Waals surface area (Å²) < 4.78 is 10.6. The molecule has 1 fully saturated rings. The maximum Gasteiger partial charge on any atom is 0.171 e. The van der Waals surface area contributed by atoms with Gasteiger partial charge in [-0.15, -0.1) is 0 Å². The van der Waals surface area contributed by atoms with Gasteiger partial charge in [0, 0.05) is 20.3 Å². The zero-order chi connectivity index (χ0) is 14.5. The van der Waals surface area contributed by atoms with E-state index in [1.54, 1.807) is 14.2 Å². The van der Waals surface area contributed by atoms with Crippen LogP contribution in [0.15, 0.2) is 0 Å². The minimum atomic E-state index is -0.148. The molecule has 0 aromatic carbocycles. The topological polar surface area (TPSA) is 30.5 Å². The number of ether oxygens (including phenoxy) is 2. The second-order valence-electron chi connectivity index (χ2n) is 6.69. The number of methoxy groups -OCH3 is 2. The molecule has 3 heteroatoms. The highest BCUT2D eigenvalue weighted by atomic mass is 16.7. The van der Waals surface area contributed by atoms with Gasteiger partial charge >= 0.3 is 0 Å². The highest BCUT2D eigenvalue weighted by Crippen LogP contribution is 2.40. The predicted molar refractivity (Wildman–Crippen MR) is 80.2 cm³/mol. The summed E-state index contributed by atoms with van der Waals surface area (Å²) in [6.45, 7) is 9.29. The monoisotopic (exact) mass is 271 g/mol. The van der Waals surface area contributed by atoms with Crippen LogP contribution in [0.5, 0.6) is 0 Å². The molecule has 0 saturated heterocycles. The molecule has 0 bridgehead atoms. The molecule has 0 spiro atoms. The summed E-state index contributed by atoms with van der Waals surface area (Å²) in [6.07, 6.45) is 6.37. The summed E-state index contributed by atoms with van der Waals surface area (Å²) >= 11 is 0. The summed E-state index contributed by atoms with van der Waals surface area (Å²) in [5, 5.41) is 3.66. The van der Waals surface area contributed by atoms with E-state index in [0.29, 0.717) is 11.5 Å². The number of nitrogens with one attached hydrogen (secondary N) is 1. The van der Waals surface area contributed by atoms with Crippen LogP contribution >= 0.6 is 0 Å². The molecular weight excluding hydrogens is 238 g/mol. The van der Waals surface area contributed by atoms with Crippen LogP contribution in [0.3, 0.4) is 0 Å². The second-order valence-corrected chi connectivity index (χ2v) is 6.69. The van der Waals surface area contributed by atoms with Gasteiger partial charge in [-0.25, -0.2) is 0 Å². The first-order valence-electron chi connectivity index (χ1n) is 7.76. The van der Waals surface area contributed by atoms with E-state index < -0.39 is 0 Å². The lowest BCUT2D eigenvalue weighted by atomic mass is 9.69. The van der Waals surface area contributed by atoms with Crippen molar-refractivity contribution in [3.63, 3.8) is 0 Å². The molecular formula is C16H33NO2. The third-order valence-electron chi connectivity index (χ3n) is 5.12. The van der Waals surface area contributed by atoms with Gasteiger partial charge in [0.05, 0.1) is 6.04 Å². The van der Waals surface area contributed by atoms with Gasteiger partial charge in [0.15, 0.2) is 6.29 Å². The lowest BCUT2D eigenvalue weighted by molar-refractivity contribution is -0.121. The molecule has 0 heterocycles. The van der Waals surface area contributed by atoms with Crippen molar-refractivity contribution < 1.29 is 9.47 Å². The van der Waals surface area contributed by atoms with Crippen molar-refractivity contribution in [3.05, 3.63) is 0 Å². The Kier molecular flexibility index (Phi) is 6.78. The third kappa shape index (κ3) is 4.73. The average molecular weight is 271 g/mol. The lowest BCUT2D eigenvalue weighted by Crippen LogP contribution is -2.47. The molecule has 1 unspecified atom stereocenters. The van der Waals surface area contributed by atoms with Crippen molar-refractivity contribution in [3.8, 4) is 0 Å². The van der Waals surface area contributed by atoms with Gasteiger partial charge in [0.25, 0.3) is 0 Å². The standard InChI is InChI=1S/C16H33NO2/c1-7-16(3,4)13-8-10-14(11-9-13)17-12(2)15(18-5)19-6/h12-15,17H,7-11H2,1-6H3. The van der Waals surface area contributed by atoms with Gasteiger partial charge in [0.1, 0.15) is 0 Å². The van der Waals surface area contributed by atoms with Crippen molar-refractivity contribution in [1.82, 2.24) is 5.32 Å². The number of rotatable bonds is 7. The van der Waals surface area contributed by atoms with Gasteiger partial charge in [-0.3, -0.25) is 0 Å². The van der Waals surface area contributed by atoms with E-state index in [2.05, 4.69) is 33.0 Å². The van der Waals surface area contributed by atoms with Gasteiger partial charge < -0.3 is 14.8 Å². The maximum absolute atomic E-state index is 5.31. The van der Waals surface area contributed by atoms with E-state index >= 15 is 0 Å². The molecule has 1 rings (SSSR count). The van der Waals surface area contributed by atoms with Crippen LogP contribution < -0.4 is 5.32 Å². The maximum atomic E-state index is 5.31. The molecule has 3 nitrogen and oxygen atoms in total. The molecule has 0 amide bonds. The normalized spacial score (nSPS) is 26.7. The minimum absolute atomic E-state index is 0.148. The first-order valence-corrected chi connectivity index (χ1v) is 7.76. The van der Waals surface area contributed by atoms with Crippen molar-refractivity contribution in [1.29, 1.82) is 0 Å². The highest BCUT2D eigenvalue weighted by Gasteiger charge is 2.32. The first kappa shape index (κ1) is 16.9. The molecule has 1 aliphatic carbocycles. The van der Waals surface area contributed by atoms with Crippen LogP contribution in [0.2, 0.25) is 0 Å². The van der Waals surface area contributed by atoms with Crippen LogP contribution in [0.25, 0.3) is 0 Å². The molecule has 1 aliphatic rings. The van der Waals surface area contributed by atoms with Crippen LogP contribution in [0, 0.1) is 11.3 Å². The highest BCUT2D eigenvalue weighted by molar-refractivity contribution is 4.86. The fourth-order valence-corrected chi connectivity index (χ4v) is 3.29. The van der Waals surface area contributed by atoms with Crippen molar-refractivity contribution in [2.24, 2.45) is 11.3 Å². The van der Waals surface area contributed by atoms with Gasteiger partial charge in [0.2, 0.25) is 0 Å². The summed E-state index contributed by atoms with van der Waals surface area (Å²) in [7, 11) is 3.40. The molecule has 114 valence electrons. The Balaban J connectivity index is 2.38. The summed E-state index contributed by atoms with van der Waals surface area (Å²) in [5.41, 5.74) is 0.498. The minimum Gasteiger partial charge on any atom is -0.354 e. The summed E-state index contributed by atoms with van der Waals surface area (Å²) in [6, 6.07) is 0.863. The Morgan fingerprint density at radius 1 is 1.11 bits per heavy atom. The summed E-state index contributed by atoms with van der Waals surface area (Å²) in [4.78, 5) is 0. The Morgan fingerprint density at radius 3 is 2.05 bits per heavy atom. The van der Waals surface area contributed by atoms with E-state index in [1.807, 2.05) is 0 Å².